The molecule has 1 heterocycles. The van der Waals surface area contributed by atoms with Crippen LogP contribution in [0.5, 0.6) is 0 Å². The Morgan fingerprint density at radius 3 is 2.72 bits per heavy atom. The van der Waals surface area contributed by atoms with Gasteiger partial charge in [0, 0.05) is 28.1 Å². The Morgan fingerprint density at radius 2 is 2.00 bits per heavy atom. The van der Waals surface area contributed by atoms with Gasteiger partial charge in [-0.2, -0.15) is 0 Å². The van der Waals surface area contributed by atoms with Crippen molar-refractivity contribution in [3.05, 3.63) is 54.1 Å². The third-order valence-corrected chi connectivity index (χ3v) is 6.52. The van der Waals surface area contributed by atoms with Crippen molar-refractivity contribution >= 4 is 35.1 Å². The van der Waals surface area contributed by atoms with Crippen molar-refractivity contribution in [1.29, 1.82) is 0 Å². The van der Waals surface area contributed by atoms with Crippen LogP contribution in [-0.4, -0.2) is 30.5 Å². The normalized spacial score (nSPS) is 16.4. The smallest absolute Gasteiger partial charge is 0.239 e. The molecule has 0 fully saturated rings. The highest BCUT2D eigenvalue weighted by Crippen LogP contribution is 2.39. The molecule has 2 aromatic rings. The van der Waals surface area contributed by atoms with Gasteiger partial charge in [-0.3, -0.25) is 4.79 Å². The van der Waals surface area contributed by atoms with Crippen LogP contribution in [-0.2, 0) is 11.3 Å². The van der Waals surface area contributed by atoms with Crippen molar-refractivity contribution < 1.29 is 4.79 Å². The Labute approximate surface area is 158 Å². The van der Waals surface area contributed by atoms with E-state index in [1.165, 1.54) is 15.5 Å². The molecule has 0 spiro atoms. The number of fused-ring (bicyclic) bond motifs is 1. The lowest BCUT2D eigenvalue weighted by Crippen LogP contribution is -2.42. The first-order valence-electron chi connectivity index (χ1n) is 8.60. The van der Waals surface area contributed by atoms with Crippen LogP contribution in [0.25, 0.3) is 0 Å². The van der Waals surface area contributed by atoms with Gasteiger partial charge in [0.1, 0.15) is 0 Å². The van der Waals surface area contributed by atoms with Gasteiger partial charge in [-0.1, -0.05) is 31.2 Å². The van der Waals surface area contributed by atoms with Crippen molar-refractivity contribution in [3.8, 4) is 0 Å². The van der Waals surface area contributed by atoms with E-state index in [0.717, 1.165) is 18.5 Å². The zero-order valence-corrected chi connectivity index (χ0v) is 16.3. The van der Waals surface area contributed by atoms with Crippen molar-refractivity contribution in [2.45, 2.75) is 34.9 Å². The highest BCUT2D eigenvalue weighted by atomic mass is 32.2. The number of carbonyl (C=O) groups is 1. The van der Waals surface area contributed by atoms with Crippen LogP contribution in [0.3, 0.4) is 0 Å². The van der Waals surface area contributed by atoms with Gasteiger partial charge in [0.2, 0.25) is 5.91 Å². The summed E-state index contributed by atoms with van der Waals surface area (Å²) in [5.41, 5.74) is 2.31. The minimum Gasteiger partial charge on any atom is -0.360 e. The second-order valence-electron chi connectivity index (χ2n) is 6.12. The number of benzene rings is 2. The van der Waals surface area contributed by atoms with Crippen molar-refractivity contribution in [2.24, 2.45) is 0 Å². The summed E-state index contributed by atoms with van der Waals surface area (Å²) in [4.78, 5) is 17.2. The predicted molar refractivity (Wildman–Crippen MR) is 109 cm³/mol. The van der Waals surface area contributed by atoms with Gasteiger partial charge < -0.3 is 10.2 Å². The van der Waals surface area contributed by atoms with Crippen LogP contribution in [0, 0.1) is 0 Å². The quantitative estimate of drug-likeness (QED) is 0.761. The van der Waals surface area contributed by atoms with Crippen LogP contribution < -0.4 is 10.2 Å². The van der Waals surface area contributed by atoms with E-state index < -0.39 is 0 Å². The lowest BCUT2D eigenvalue weighted by Gasteiger charge is -2.34. The summed E-state index contributed by atoms with van der Waals surface area (Å²) in [6.07, 6.45) is 3.17. The first kappa shape index (κ1) is 18.2. The van der Waals surface area contributed by atoms with Crippen molar-refractivity contribution in [1.82, 2.24) is 5.32 Å². The largest absolute Gasteiger partial charge is 0.360 e. The molecule has 1 atom stereocenters. The third kappa shape index (κ3) is 4.73. The minimum atomic E-state index is 0.0745. The summed E-state index contributed by atoms with van der Waals surface area (Å²) in [5.74, 6) is 0.0745. The molecule has 0 aromatic heterocycles. The maximum atomic E-state index is 12.4. The van der Waals surface area contributed by atoms with Gasteiger partial charge >= 0.3 is 0 Å². The SMILES string of the molecule is CC[C@H]1CN(CC(=O)NCc2ccc(SC)cc2)c2ccccc2S1. The summed E-state index contributed by atoms with van der Waals surface area (Å²) in [6.45, 7) is 4.13. The standard InChI is InChI=1S/C20H24N2OS2/c1-3-16-13-22(18-6-4-5-7-19(18)25-16)14-20(23)21-12-15-8-10-17(24-2)11-9-15/h4-11,16H,3,12-14H2,1-2H3,(H,21,23)/t16-/m0/s1. The molecule has 132 valence electrons. The number of hydrogen-bond donors (Lipinski definition) is 1. The van der Waals surface area contributed by atoms with Crippen LogP contribution in [0.1, 0.15) is 18.9 Å². The van der Waals surface area contributed by atoms with E-state index in [-0.39, 0.29) is 5.91 Å². The number of rotatable bonds is 6. The number of anilines is 1. The summed E-state index contributed by atoms with van der Waals surface area (Å²) >= 11 is 3.65. The monoisotopic (exact) mass is 372 g/mol. The fourth-order valence-electron chi connectivity index (χ4n) is 2.91. The van der Waals surface area contributed by atoms with E-state index in [0.29, 0.717) is 18.3 Å². The molecule has 1 N–H and O–H groups in total. The first-order valence-corrected chi connectivity index (χ1v) is 10.7. The lowest BCUT2D eigenvalue weighted by molar-refractivity contribution is -0.119. The maximum Gasteiger partial charge on any atom is 0.239 e. The van der Waals surface area contributed by atoms with Gasteiger partial charge in [-0.15, -0.1) is 23.5 Å². The third-order valence-electron chi connectivity index (χ3n) is 4.36. The topological polar surface area (TPSA) is 32.3 Å². The Bertz CT molecular complexity index is 718. The molecule has 0 radical (unpaired) electrons. The van der Waals surface area contributed by atoms with Crippen molar-refractivity contribution in [3.63, 3.8) is 0 Å². The average molecular weight is 373 g/mol. The van der Waals surface area contributed by atoms with Gasteiger partial charge in [0.25, 0.3) is 0 Å². The van der Waals surface area contributed by atoms with E-state index in [2.05, 4.69) is 65.9 Å². The lowest BCUT2D eigenvalue weighted by atomic mass is 10.2. The van der Waals surface area contributed by atoms with Crippen molar-refractivity contribution in [2.75, 3.05) is 24.2 Å². The molecule has 2 aromatic carbocycles. The minimum absolute atomic E-state index is 0.0745. The molecule has 3 rings (SSSR count). The van der Waals surface area contributed by atoms with Gasteiger partial charge in [0.05, 0.1) is 12.2 Å². The number of nitrogens with zero attached hydrogens (tertiary/aromatic N) is 1. The number of thioether (sulfide) groups is 2. The molecular formula is C20H24N2OS2. The van der Waals surface area contributed by atoms with Crippen LogP contribution in [0.4, 0.5) is 5.69 Å². The molecule has 1 aliphatic heterocycles. The van der Waals surface area contributed by atoms with Gasteiger partial charge in [0.15, 0.2) is 0 Å². The number of amides is 1. The molecular weight excluding hydrogens is 348 g/mol. The molecule has 0 bridgehead atoms. The predicted octanol–water partition coefficient (Wildman–Crippen LogP) is 4.42. The zero-order valence-electron chi connectivity index (χ0n) is 14.7. The fourth-order valence-corrected chi connectivity index (χ4v) is 4.58. The van der Waals surface area contributed by atoms with Crippen LogP contribution in [0.15, 0.2) is 58.3 Å². The molecule has 1 amide bonds. The molecule has 1 aliphatic rings. The molecule has 0 saturated carbocycles. The average Bonchev–Trinajstić information content (AvgIpc) is 2.66. The second-order valence-corrected chi connectivity index (χ2v) is 8.34. The van der Waals surface area contributed by atoms with E-state index in [1.54, 1.807) is 11.8 Å². The number of para-hydroxylation sites is 1. The van der Waals surface area contributed by atoms with E-state index in [1.807, 2.05) is 17.8 Å². The Morgan fingerprint density at radius 1 is 1.24 bits per heavy atom. The van der Waals surface area contributed by atoms with Gasteiger partial charge in [-0.05, 0) is 42.5 Å². The van der Waals surface area contributed by atoms with E-state index in [4.69, 9.17) is 0 Å². The Kier molecular flexibility index (Phi) is 6.32. The number of carbonyl (C=O) groups excluding carboxylic acids is 1. The fraction of sp³-hybridized carbons (Fsp3) is 0.350. The number of hydrogen-bond acceptors (Lipinski definition) is 4. The zero-order chi connectivity index (χ0) is 17.6. The molecule has 3 nitrogen and oxygen atoms in total. The van der Waals surface area contributed by atoms with Crippen LogP contribution >= 0.6 is 23.5 Å². The molecule has 0 unspecified atom stereocenters. The second kappa shape index (κ2) is 8.68. The molecule has 0 aliphatic carbocycles. The van der Waals surface area contributed by atoms with E-state index >= 15 is 0 Å². The maximum absolute atomic E-state index is 12.4. The summed E-state index contributed by atoms with van der Waals surface area (Å²) < 4.78 is 0. The molecule has 25 heavy (non-hydrogen) atoms. The van der Waals surface area contributed by atoms with Crippen LogP contribution in [0.2, 0.25) is 0 Å². The molecule has 5 heteroatoms. The Hall–Kier alpha value is -1.59. The van der Waals surface area contributed by atoms with E-state index in [9.17, 15) is 4.79 Å². The molecule has 0 saturated heterocycles. The highest BCUT2D eigenvalue weighted by Gasteiger charge is 2.25. The summed E-state index contributed by atoms with van der Waals surface area (Å²) in [6, 6.07) is 16.7. The first-order chi connectivity index (χ1) is 12.2. The van der Waals surface area contributed by atoms with Gasteiger partial charge in [-0.25, -0.2) is 0 Å². The summed E-state index contributed by atoms with van der Waals surface area (Å²) in [7, 11) is 0. The highest BCUT2D eigenvalue weighted by molar-refractivity contribution is 8.00. The summed E-state index contributed by atoms with van der Waals surface area (Å²) in [5, 5.41) is 3.60. The Balaban J connectivity index is 1.60. The number of nitrogens with one attached hydrogen (secondary N) is 1.